The molecule has 0 heterocycles. The van der Waals surface area contributed by atoms with E-state index >= 15 is 0 Å². The molecule has 0 bridgehead atoms. The van der Waals surface area contributed by atoms with Gasteiger partial charge in [-0.05, 0) is 17.8 Å². The van der Waals surface area contributed by atoms with Crippen LogP contribution in [0.2, 0.25) is 0 Å². The maximum Gasteiger partial charge on any atom is 0.334 e. The van der Waals surface area contributed by atoms with E-state index in [-0.39, 0.29) is 13.1 Å². The van der Waals surface area contributed by atoms with Crippen LogP contribution in [0.15, 0.2) is 54.3 Å². The van der Waals surface area contributed by atoms with Gasteiger partial charge in [-0.15, -0.1) is 0 Å². The van der Waals surface area contributed by atoms with Gasteiger partial charge in [0.1, 0.15) is 13.3 Å². The van der Waals surface area contributed by atoms with Gasteiger partial charge in [-0.1, -0.05) is 36.4 Å². The van der Waals surface area contributed by atoms with Crippen molar-refractivity contribution in [2.45, 2.75) is 6.42 Å². The maximum atomic E-state index is 12.3. The largest absolute Gasteiger partial charge is 0.466 e. The number of ether oxygens (including phenoxy) is 1. The molecule has 0 aliphatic rings. The van der Waals surface area contributed by atoms with Crippen molar-refractivity contribution in [2.24, 2.45) is 0 Å². The molecule has 0 unspecified atom stereocenters. The minimum atomic E-state index is -0.554. The summed E-state index contributed by atoms with van der Waals surface area (Å²) in [5.41, 5.74) is 1.46. The first kappa shape index (κ1) is 17.9. The molecule has 0 amide bonds. The highest BCUT2D eigenvalue weighted by atomic mass is 19.1. The summed E-state index contributed by atoms with van der Waals surface area (Å²) in [4.78, 5) is 13.3. The maximum absolute atomic E-state index is 12.3. The number of esters is 1. The lowest BCUT2D eigenvalue weighted by Gasteiger charge is -2.15. The molecule has 0 aliphatic heterocycles. The molecule has 1 aromatic carbocycles. The van der Waals surface area contributed by atoms with Gasteiger partial charge in [0.05, 0.1) is 7.11 Å². The fraction of sp³-hybridized carbons (Fsp3) is 0.353. The van der Waals surface area contributed by atoms with E-state index in [0.717, 1.165) is 5.56 Å². The van der Waals surface area contributed by atoms with E-state index < -0.39 is 19.3 Å². The Balaban J connectivity index is 2.80. The predicted molar refractivity (Wildman–Crippen MR) is 82.9 cm³/mol. The lowest BCUT2D eigenvalue weighted by Crippen LogP contribution is -2.22. The van der Waals surface area contributed by atoms with Crippen molar-refractivity contribution in [1.29, 1.82) is 0 Å². The molecular weight excluding hydrogens is 288 g/mol. The van der Waals surface area contributed by atoms with Crippen LogP contribution in [0.3, 0.4) is 0 Å². The van der Waals surface area contributed by atoms with Crippen molar-refractivity contribution >= 4 is 5.97 Å². The Kier molecular flexibility index (Phi) is 8.57. The number of carbonyl (C=O) groups is 1. The van der Waals surface area contributed by atoms with Crippen LogP contribution in [0.5, 0.6) is 0 Å². The Labute approximate surface area is 129 Å². The van der Waals surface area contributed by atoms with Crippen molar-refractivity contribution in [3.63, 3.8) is 0 Å². The molecule has 0 N–H and O–H groups in total. The van der Waals surface area contributed by atoms with Gasteiger partial charge in [0, 0.05) is 25.1 Å². The Bertz CT molecular complexity index is 495. The van der Waals surface area contributed by atoms with Gasteiger partial charge in [0.15, 0.2) is 0 Å². The topological polar surface area (TPSA) is 29.5 Å². The summed E-state index contributed by atoms with van der Waals surface area (Å²) in [5.74, 6) is -0.420. The molecule has 1 rings (SSSR count). The molecule has 0 fully saturated rings. The number of alkyl halides is 2. The second kappa shape index (κ2) is 10.5. The Hall–Kier alpha value is -2.17. The number of rotatable bonds is 9. The zero-order chi connectivity index (χ0) is 16.2. The smallest absolute Gasteiger partial charge is 0.334 e. The molecule has 5 heteroatoms. The summed E-state index contributed by atoms with van der Waals surface area (Å²) < 4.78 is 29.4. The van der Waals surface area contributed by atoms with Gasteiger partial charge in [0.2, 0.25) is 0 Å². The number of carbonyl (C=O) groups excluding carboxylic acids is 1. The Morgan fingerprint density at radius 1 is 1.18 bits per heavy atom. The van der Waals surface area contributed by atoms with E-state index in [1.165, 1.54) is 12.0 Å². The van der Waals surface area contributed by atoms with E-state index in [1.54, 1.807) is 18.4 Å². The Morgan fingerprint density at radius 3 is 2.36 bits per heavy atom. The number of halogens is 2. The van der Waals surface area contributed by atoms with Gasteiger partial charge in [-0.25, -0.2) is 13.6 Å². The van der Waals surface area contributed by atoms with Crippen molar-refractivity contribution < 1.29 is 18.3 Å². The van der Waals surface area contributed by atoms with Crippen LogP contribution in [0.1, 0.15) is 5.56 Å². The lowest BCUT2D eigenvalue weighted by atomic mass is 10.1. The summed E-state index contributed by atoms with van der Waals surface area (Å²) in [5, 5.41) is 0. The molecule has 0 aliphatic carbocycles. The summed E-state index contributed by atoms with van der Waals surface area (Å²) in [6, 6.07) is 9.52. The van der Waals surface area contributed by atoms with Gasteiger partial charge in [0.25, 0.3) is 0 Å². The zero-order valence-electron chi connectivity index (χ0n) is 12.7. The van der Waals surface area contributed by atoms with Gasteiger partial charge >= 0.3 is 5.97 Å². The van der Waals surface area contributed by atoms with Crippen LogP contribution in [-0.2, 0) is 16.0 Å². The molecule has 0 spiro atoms. The SMILES string of the molecule is COC(=O)/C(=C/C=C/N(CCF)CCF)Cc1ccccc1. The molecule has 1 aromatic rings. The first-order valence-electron chi connectivity index (χ1n) is 7.06. The average Bonchev–Trinajstić information content (AvgIpc) is 2.54. The summed E-state index contributed by atoms with van der Waals surface area (Å²) >= 11 is 0. The zero-order valence-corrected chi connectivity index (χ0v) is 12.7. The fourth-order valence-electron chi connectivity index (χ4n) is 1.90. The molecule has 22 heavy (non-hydrogen) atoms. The van der Waals surface area contributed by atoms with Crippen LogP contribution in [0.4, 0.5) is 8.78 Å². The summed E-state index contributed by atoms with van der Waals surface area (Å²) in [6.45, 7) is -0.856. The van der Waals surface area contributed by atoms with Gasteiger partial charge < -0.3 is 9.64 Å². The van der Waals surface area contributed by atoms with Crippen LogP contribution >= 0.6 is 0 Å². The monoisotopic (exact) mass is 309 g/mol. The third-order valence-electron chi connectivity index (χ3n) is 3.02. The molecular formula is C17H21F2NO2. The van der Waals surface area contributed by atoms with Crippen molar-refractivity contribution in [1.82, 2.24) is 4.90 Å². The molecule has 3 nitrogen and oxygen atoms in total. The number of hydrogen-bond donors (Lipinski definition) is 0. The molecule has 0 saturated heterocycles. The molecule has 0 atom stereocenters. The third-order valence-corrected chi connectivity index (χ3v) is 3.02. The highest BCUT2D eigenvalue weighted by molar-refractivity contribution is 5.89. The van der Waals surface area contributed by atoms with E-state index in [1.807, 2.05) is 30.3 Å². The number of methoxy groups -OCH3 is 1. The standard InChI is InChI=1S/C17H21F2NO2/c1-22-17(21)16(14-15-6-3-2-4-7-15)8-5-11-20(12-9-18)13-10-19/h2-8,11H,9-10,12-14H2,1H3/b11-5+,16-8+. The third kappa shape index (κ3) is 6.52. The second-order valence-electron chi connectivity index (χ2n) is 4.60. The van der Waals surface area contributed by atoms with Gasteiger partial charge in [-0.3, -0.25) is 0 Å². The number of nitrogens with zero attached hydrogens (tertiary/aromatic N) is 1. The Morgan fingerprint density at radius 2 is 1.82 bits per heavy atom. The van der Waals surface area contributed by atoms with Crippen molar-refractivity contribution in [2.75, 3.05) is 33.5 Å². The number of hydrogen-bond acceptors (Lipinski definition) is 3. The quantitative estimate of drug-likeness (QED) is 0.399. The van der Waals surface area contributed by atoms with Crippen LogP contribution in [-0.4, -0.2) is 44.4 Å². The highest BCUT2D eigenvalue weighted by Crippen LogP contribution is 2.10. The minimum absolute atomic E-state index is 0.125. The average molecular weight is 309 g/mol. The lowest BCUT2D eigenvalue weighted by molar-refractivity contribution is -0.136. The summed E-state index contributed by atoms with van der Waals surface area (Å²) in [6.07, 6.45) is 5.24. The van der Waals surface area contributed by atoms with E-state index in [0.29, 0.717) is 12.0 Å². The first-order valence-corrected chi connectivity index (χ1v) is 7.06. The highest BCUT2D eigenvalue weighted by Gasteiger charge is 2.09. The van der Waals surface area contributed by atoms with E-state index in [9.17, 15) is 13.6 Å². The molecule has 0 radical (unpaired) electrons. The molecule has 0 saturated carbocycles. The van der Waals surface area contributed by atoms with Crippen LogP contribution < -0.4 is 0 Å². The van der Waals surface area contributed by atoms with E-state index in [2.05, 4.69) is 0 Å². The van der Waals surface area contributed by atoms with E-state index in [4.69, 9.17) is 4.74 Å². The minimum Gasteiger partial charge on any atom is -0.466 e. The van der Waals surface area contributed by atoms with Crippen LogP contribution in [0.25, 0.3) is 0 Å². The number of allylic oxidation sites excluding steroid dienone is 2. The predicted octanol–water partition coefficient (Wildman–Crippen LogP) is 3.08. The van der Waals surface area contributed by atoms with Gasteiger partial charge in [-0.2, -0.15) is 0 Å². The van der Waals surface area contributed by atoms with Crippen molar-refractivity contribution in [3.05, 3.63) is 59.8 Å². The molecule has 0 aromatic heterocycles. The van der Waals surface area contributed by atoms with Crippen molar-refractivity contribution in [3.8, 4) is 0 Å². The second-order valence-corrected chi connectivity index (χ2v) is 4.60. The number of benzene rings is 1. The molecule has 120 valence electrons. The summed E-state index contributed by atoms with van der Waals surface area (Å²) in [7, 11) is 1.32. The van der Waals surface area contributed by atoms with Crippen LogP contribution in [0, 0.1) is 0 Å². The fourth-order valence-corrected chi connectivity index (χ4v) is 1.90. The normalized spacial score (nSPS) is 11.7. The first-order chi connectivity index (χ1) is 10.7.